The Bertz CT molecular complexity index is 2790. The van der Waals surface area contributed by atoms with Crippen LogP contribution in [0.2, 0.25) is 0 Å². The van der Waals surface area contributed by atoms with E-state index >= 15 is 0 Å². The lowest BCUT2D eigenvalue weighted by Gasteiger charge is -2.51. The van der Waals surface area contributed by atoms with Crippen molar-refractivity contribution in [2.75, 3.05) is 53.2 Å². The number of carbonyl (C=O) groups is 8. The number of likely N-dealkylation sites (tertiary alicyclic amines) is 2. The zero-order valence-corrected chi connectivity index (χ0v) is 55.9. The van der Waals surface area contributed by atoms with E-state index in [1.54, 1.807) is 0 Å². The molecule has 7 heterocycles. The van der Waals surface area contributed by atoms with E-state index in [2.05, 4.69) is 26.6 Å². The number of carbonyl (C=O) groups excluding carboxylic acids is 7. The zero-order chi connectivity index (χ0) is 74.3. The quantitative estimate of drug-likeness (QED) is 0.0331. The second-order valence-corrected chi connectivity index (χ2v) is 26.1. The molecule has 15 unspecified atom stereocenters. The van der Waals surface area contributed by atoms with Crippen LogP contribution in [-0.2, 0) is 85.7 Å². The standard InChI is InChI=1S/C59H98N8O33/c1-20-37(76)45(97-57-44(83)48(40(79)31(17-70)94-57)100-59(58(89)90)14-28(74)35(64-24(5)72)47(99-59)38(77)29(75)15-68)32(18-71)95-54(20)91-19-33-41(80)46(98-56-43(82)42(81)39(78)30(16-69)93-56)36(65-25(6)73)55(96-33)92-23(4)34(61-7)51(86)63-22(3)52(87)67-13-9-11-27(67)53(88)66-12-8-10-26(66)50(85)62-21(2)49(60)84/h20-23,26-48,54-57,61,68-71,74-83H,8-19H2,1-7H3,(H2,60,84)(H,62,85)(H,63,86)(H,64,72)(H,65,73)(H,89,90)/t20-,21?,22?,23?,26?,27?,28+,29+,30?,31?,32?,33?,34?,35+,36-,37?,38+,39-,40-,41-,42?,43-,44-,45+,46?,47?,48?,54+,55-,56-,57-,59-/m0/s1. The van der Waals surface area contributed by atoms with E-state index in [9.17, 15) is 115 Å². The van der Waals surface area contributed by atoms with Crippen LogP contribution in [0.1, 0.15) is 73.6 Å². The second kappa shape index (κ2) is 35.5. The number of nitrogens with one attached hydrogen (secondary N) is 5. The first kappa shape index (κ1) is 82.1. The summed E-state index contributed by atoms with van der Waals surface area (Å²) >= 11 is 0. The Kier molecular flexibility index (Phi) is 29.1. The molecule has 0 aromatic carbocycles. The number of carboxylic acid groups (broad SMARTS) is 1. The van der Waals surface area contributed by atoms with Crippen LogP contribution in [0.5, 0.6) is 0 Å². The molecular formula is C59H98N8O33. The van der Waals surface area contributed by atoms with Crippen LogP contribution in [-0.4, -0.2) is 376 Å². The first-order valence-corrected chi connectivity index (χ1v) is 32.9. The van der Waals surface area contributed by atoms with Gasteiger partial charge in [-0.15, -0.1) is 0 Å². The number of primary amides is 1. The van der Waals surface area contributed by atoms with Gasteiger partial charge in [0, 0.05) is 39.3 Å². The number of hydrogen-bond acceptors (Lipinski definition) is 33. The third kappa shape index (κ3) is 18.3. The van der Waals surface area contributed by atoms with Crippen molar-refractivity contribution < 1.29 is 162 Å². The smallest absolute Gasteiger partial charge is 0.364 e. The van der Waals surface area contributed by atoms with Gasteiger partial charge in [-0.05, 0) is 53.5 Å². The summed E-state index contributed by atoms with van der Waals surface area (Å²) in [5.41, 5.74) is 5.33. The van der Waals surface area contributed by atoms with Gasteiger partial charge in [0.25, 0.3) is 5.79 Å². The molecule has 0 bridgehead atoms. The van der Waals surface area contributed by atoms with Gasteiger partial charge in [-0.25, -0.2) is 4.79 Å². The van der Waals surface area contributed by atoms with Gasteiger partial charge < -0.3 is 166 Å². The molecule has 7 fully saturated rings. The van der Waals surface area contributed by atoms with Crippen LogP contribution in [0.4, 0.5) is 0 Å². The number of ether oxygens (including phenoxy) is 10. The minimum atomic E-state index is -3.17. The molecule has 0 radical (unpaired) electrons. The predicted molar refractivity (Wildman–Crippen MR) is 325 cm³/mol. The number of amides is 7. The van der Waals surface area contributed by atoms with Gasteiger partial charge in [0.05, 0.1) is 57.4 Å². The molecule has 41 nitrogen and oxygen atoms in total. The molecule has 22 N–H and O–H groups in total. The number of aliphatic carboxylic acids is 1. The van der Waals surface area contributed by atoms with Gasteiger partial charge in [-0.3, -0.25) is 33.6 Å². The van der Waals surface area contributed by atoms with Gasteiger partial charge in [-0.2, -0.15) is 0 Å². The highest BCUT2D eigenvalue weighted by molar-refractivity contribution is 5.96. The Morgan fingerprint density at radius 1 is 0.630 bits per heavy atom. The van der Waals surface area contributed by atoms with Crippen LogP contribution >= 0.6 is 0 Å². The van der Waals surface area contributed by atoms with Gasteiger partial charge in [-0.1, -0.05) is 6.92 Å². The van der Waals surface area contributed by atoms with Crippen molar-refractivity contribution in [3.8, 4) is 0 Å². The molecule has 572 valence electrons. The van der Waals surface area contributed by atoms with E-state index in [1.807, 2.05) is 0 Å². The zero-order valence-electron chi connectivity index (χ0n) is 55.9. The molecule has 7 rings (SSSR count). The molecule has 7 amide bonds. The monoisotopic (exact) mass is 1450 g/mol. The lowest BCUT2D eigenvalue weighted by atomic mass is 9.88. The van der Waals surface area contributed by atoms with Crippen molar-refractivity contribution >= 4 is 47.3 Å². The number of carboxylic acids is 1. The molecule has 0 saturated carbocycles. The van der Waals surface area contributed by atoms with Crippen molar-refractivity contribution in [1.82, 2.24) is 36.4 Å². The van der Waals surface area contributed by atoms with E-state index < -0.39 is 282 Å². The van der Waals surface area contributed by atoms with Crippen molar-refractivity contribution in [1.29, 1.82) is 0 Å². The summed E-state index contributed by atoms with van der Waals surface area (Å²) in [4.78, 5) is 108. The fraction of sp³-hybridized carbons (Fsp3) is 0.864. The summed E-state index contributed by atoms with van der Waals surface area (Å²) in [7, 11) is 1.36. The fourth-order valence-corrected chi connectivity index (χ4v) is 13.4. The molecule has 0 aromatic rings. The largest absolute Gasteiger partial charge is 0.477 e. The van der Waals surface area contributed by atoms with Crippen LogP contribution < -0.4 is 32.3 Å². The maximum absolute atomic E-state index is 14.3. The number of nitrogens with zero attached hydrogens (tertiary/aromatic N) is 2. The minimum Gasteiger partial charge on any atom is -0.477 e. The van der Waals surface area contributed by atoms with Crippen LogP contribution in [0.15, 0.2) is 0 Å². The highest BCUT2D eigenvalue weighted by Gasteiger charge is 2.61. The summed E-state index contributed by atoms with van der Waals surface area (Å²) in [5.74, 6) is -11.5. The van der Waals surface area contributed by atoms with E-state index in [4.69, 9.17) is 53.1 Å². The fourth-order valence-electron chi connectivity index (χ4n) is 13.4. The van der Waals surface area contributed by atoms with E-state index in [0.717, 1.165) is 13.8 Å². The number of rotatable bonds is 29. The molecule has 7 aliphatic heterocycles. The Hall–Kier alpha value is -5.24. The van der Waals surface area contributed by atoms with E-state index in [1.165, 1.54) is 44.5 Å². The number of aliphatic hydroxyl groups is 14. The van der Waals surface area contributed by atoms with Crippen LogP contribution in [0, 0.1) is 5.92 Å². The first-order valence-electron chi connectivity index (χ1n) is 32.9. The number of hydrogen-bond donors (Lipinski definition) is 21. The van der Waals surface area contributed by atoms with Gasteiger partial charge in [0.15, 0.2) is 25.2 Å². The normalized spacial score (nSPS) is 39.7. The third-order valence-corrected chi connectivity index (χ3v) is 19.0. The average molecular weight is 1450 g/mol. The topological polar surface area (TPSA) is 625 Å². The van der Waals surface area contributed by atoms with Crippen molar-refractivity contribution in [2.45, 2.75) is 263 Å². The molecule has 7 aliphatic rings. The number of likely N-dealkylation sites (N-methyl/N-ethyl adjacent to an activating group) is 1. The lowest BCUT2D eigenvalue weighted by molar-refractivity contribution is -0.385. The molecular weight excluding hydrogens is 1350 g/mol. The highest BCUT2D eigenvalue weighted by Crippen LogP contribution is 2.40. The molecule has 32 atom stereocenters. The highest BCUT2D eigenvalue weighted by atomic mass is 16.8. The molecule has 0 aliphatic carbocycles. The molecule has 0 spiro atoms. The Morgan fingerprint density at radius 3 is 1.76 bits per heavy atom. The summed E-state index contributed by atoms with van der Waals surface area (Å²) in [6, 6.07) is -8.97. The SMILES string of the molecule is CNC(C(=O)NC(C)C(=O)N1CCCC1C(=O)N1CCCC1C(=O)NC(C)C(N)=O)C(C)O[C@H]1OC(CO[C@@H]2OC(CO)[C@@H](O[C@@H]3OC(CO)[C@H](O)C(O[C@]4(C(=O)O)C[C@@H](O)[C@@H](NC(C)=O)C([C@H](O)[C@H](O)CO)O4)[C@@H]3O)C(O)[C@@H]2C)[C@H](O)C(O[C@@H]2OC(CO)[C@H](O)C(O)[C@@H]2O)[C@@H]1NC(C)=O. The summed E-state index contributed by atoms with van der Waals surface area (Å²) < 4.78 is 59.6. The van der Waals surface area contributed by atoms with Gasteiger partial charge in [0.1, 0.15) is 134 Å². The maximum atomic E-state index is 14.3. The van der Waals surface area contributed by atoms with Crippen molar-refractivity contribution in [3.05, 3.63) is 0 Å². The van der Waals surface area contributed by atoms with Gasteiger partial charge >= 0.3 is 5.97 Å². The maximum Gasteiger partial charge on any atom is 0.364 e. The summed E-state index contributed by atoms with van der Waals surface area (Å²) in [6.07, 6.45) is -43.9. The Morgan fingerprint density at radius 2 is 1.18 bits per heavy atom. The molecule has 100 heavy (non-hydrogen) atoms. The number of nitrogens with two attached hydrogens (primary N) is 1. The minimum absolute atomic E-state index is 0.120. The third-order valence-electron chi connectivity index (χ3n) is 19.0. The number of aliphatic hydroxyl groups excluding tert-OH is 14. The summed E-state index contributed by atoms with van der Waals surface area (Å²) in [6.45, 7) is 2.91. The van der Waals surface area contributed by atoms with Crippen molar-refractivity contribution in [3.63, 3.8) is 0 Å². The van der Waals surface area contributed by atoms with Crippen LogP contribution in [0.3, 0.4) is 0 Å². The van der Waals surface area contributed by atoms with E-state index in [0.29, 0.717) is 19.3 Å². The van der Waals surface area contributed by atoms with Gasteiger partial charge in [0.2, 0.25) is 41.4 Å². The Labute approximate surface area is 572 Å². The summed E-state index contributed by atoms with van der Waals surface area (Å²) in [5, 5.41) is 176. The van der Waals surface area contributed by atoms with E-state index in [-0.39, 0.29) is 19.5 Å². The lowest BCUT2D eigenvalue weighted by Crippen LogP contribution is -2.70. The second-order valence-electron chi connectivity index (χ2n) is 26.1. The predicted octanol–water partition coefficient (Wildman–Crippen LogP) is -12.7. The van der Waals surface area contributed by atoms with Crippen molar-refractivity contribution in [2.24, 2.45) is 11.7 Å². The first-order chi connectivity index (χ1) is 47.1. The average Bonchev–Trinajstić information content (AvgIpc) is 1.02. The molecule has 0 aromatic heterocycles. The Balaban J connectivity index is 1.08. The molecule has 7 saturated heterocycles. The molecule has 41 heteroatoms. The van der Waals surface area contributed by atoms with Crippen LogP contribution in [0.25, 0.3) is 0 Å².